The highest BCUT2D eigenvalue weighted by Gasteiger charge is 2.20. The minimum Gasteiger partial charge on any atom is -0.496 e. The number of fused-ring (bicyclic) bond motifs is 1. The van der Waals surface area contributed by atoms with Crippen molar-refractivity contribution in [1.82, 2.24) is 15.1 Å². The quantitative estimate of drug-likeness (QED) is 0.626. The number of rotatable bonds is 6. The summed E-state index contributed by atoms with van der Waals surface area (Å²) in [5.41, 5.74) is 8.21. The lowest BCUT2D eigenvalue weighted by molar-refractivity contribution is 0.0339. The van der Waals surface area contributed by atoms with E-state index in [0.29, 0.717) is 42.1 Å². The second-order valence-corrected chi connectivity index (χ2v) is 7.47. The zero-order valence-electron chi connectivity index (χ0n) is 17.4. The number of hydrogen-bond donors (Lipinski definition) is 2. The molecule has 162 valence electrons. The first-order valence-electron chi connectivity index (χ1n) is 9.96. The number of carbonyl (C=O) groups is 1. The topological polar surface area (TPSA) is 103 Å². The van der Waals surface area contributed by atoms with Gasteiger partial charge in [0.2, 0.25) is 0 Å². The Morgan fingerprint density at radius 1 is 1.26 bits per heavy atom. The molecule has 1 saturated heterocycles. The SMILES string of the molecule is COc1cc2nnc(C(N)=O)c(Nc3ccc(C)cc3F)c2cc1CN1CCOCC1. The Morgan fingerprint density at radius 2 is 2.03 bits per heavy atom. The molecule has 0 spiro atoms. The molecular weight excluding hydrogens is 401 g/mol. The first kappa shape index (κ1) is 21.0. The predicted molar refractivity (Wildman–Crippen MR) is 115 cm³/mol. The highest BCUT2D eigenvalue weighted by molar-refractivity contribution is 6.06. The molecule has 2 heterocycles. The van der Waals surface area contributed by atoms with E-state index in [-0.39, 0.29) is 11.4 Å². The van der Waals surface area contributed by atoms with Crippen molar-refractivity contribution in [1.29, 1.82) is 0 Å². The molecule has 0 radical (unpaired) electrons. The highest BCUT2D eigenvalue weighted by atomic mass is 19.1. The van der Waals surface area contributed by atoms with Gasteiger partial charge < -0.3 is 20.5 Å². The summed E-state index contributed by atoms with van der Waals surface area (Å²) < 4.78 is 25.5. The Bertz CT molecular complexity index is 1130. The number of aromatic nitrogens is 2. The van der Waals surface area contributed by atoms with E-state index < -0.39 is 11.7 Å². The second kappa shape index (κ2) is 8.83. The molecule has 9 heteroatoms. The van der Waals surface area contributed by atoms with E-state index in [1.165, 1.54) is 6.07 Å². The van der Waals surface area contributed by atoms with Crippen LogP contribution < -0.4 is 15.8 Å². The largest absolute Gasteiger partial charge is 0.496 e. The molecule has 8 nitrogen and oxygen atoms in total. The number of methoxy groups -OCH3 is 1. The fourth-order valence-corrected chi connectivity index (χ4v) is 3.65. The number of ether oxygens (including phenoxy) is 2. The number of nitrogens with zero attached hydrogens (tertiary/aromatic N) is 3. The minimum atomic E-state index is -0.755. The molecule has 1 aromatic heterocycles. The molecule has 0 unspecified atom stereocenters. The number of carbonyl (C=O) groups excluding carboxylic acids is 1. The van der Waals surface area contributed by atoms with Crippen molar-refractivity contribution < 1.29 is 18.7 Å². The van der Waals surface area contributed by atoms with Gasteiger partial charge in [-0.05, 0) is 30.7 Å². The number of anilines is 2. The number of aryl methyl sites for hydroxylation is 1. The minimum absolute atomic E-state index is 0.0602. The van der Waals surface area contributed by atoms with Crippen LogP contribution in [-0.2, 0) is 11.3 Å². The molecule has 0 atom stereocenters. The van der Waals surface area contributed by atoms with Crippen molar-refractivity contribution in [2.45, 2.75) is 13.5 Å². The summed E-state index contributed by atoms with van der Waals surface area (Å²) in [5.74, 6) is -0.537. The molecule has 1 amide bonds. The molecule has 1 fully saturated rings. The Labute approximate surface area is 179 Å². The summed E-state index contributed by atoms with van der Waals surface area (Å²) in [6, 6.07) is 8.45. The van der Waals surface area contributed by atoms with Crippen molar-refractivity contribution in [2.75, 3.05) is 38.7 Å². The maximum absolute atomic E-state index is 14.5. The standard InChI is InChI=1S/C22H24FN5O3/c1-13-3-4-17(16(23)9-13)25-20-15-10-14(12-28-5-7-31-8-6-28)19(30-2)11-18(15)26-27-21(20)22(24)29/h3-4,9-11H,5-8,12H2,1-2H3,(H2,24,29)(H,25,26). The van der Waals surface area contributed by atoms with Crippen LogP contribution in [0.25, 0.3) is 10.9 Å². The molecule has 0 aliphatic carbocycles. The average molecular weight is 425 g/mol. The molecular formula is C22H24FN5O3. The van der Waals surface area contributed by atoms with E-state index in [0.717, 1.165) is 24.2 Å². The summed E-state index contributed by atoms with van der Waals surface area (Å²) in [4.78, 5) is 14.3. The van der Waals surface area contributed by atoms with Crippen molar-refractivity contribution >= 4 is 28.2 Å². The molecule has 1 aliphatic rings. The van der Waals surface area contributed by atoms with Gasteiger partial charge in [-0.25, -0.2) is 4.39 Å². The van der Waals surface area contributed by atoms with Gasteiger partial charge in [0, 0.05) is 36.7 Å². The number of nitrogens with two attached hydrogens (primary N) is 1. The maximum atomic E-state index is 14.5. The van der Waals surface area contributed by atoms with Crippen LogP contribution in [0.15, 0.2) is 30.3 Å². The van der Waals surface area contributed by atoms with Gasteiger partial charge in [0.05, 0.1) is 37.2 Å². The van der Waals surface area contributed by atoms with Gasteiger partial charge in [0.25, 0.3) is 5.91 Å². The number of nitrogens with one attached hydrogen (secondary N) is 1. The van der Waals surface area contributed by atoms with Crippen LogP contribution >= 0.6 is 0 Å². The molecule has 3 aromatic rings. The third-order valence-corrected chi connectivity index (χ3v) is 5.28. The van der Waals surface area contributed by atoms with E-state index in [9.17, 15) is 9.18 Å². The number of halogens is 1. The zero-order valence-corrected chi connectivity index (χ0v) is 17.4. The Kier molecular flexibility index (Phi) is 5.97. The van der Waals surface area contributed by atoms with Crippen molar-refractivity contribution in [3.8, 4) is 5.75 Å². The van der Waals surface area contributed by atoms with Gasteiger partial charge >= 0.3 is 0 Å². The lowest BCUT2D eigenvalue weighted by Gasteiger charge is -2.27. The van der Waals surface area contributed by atoms with Gasteiger partial charge in [-0.15, -0.1) is 10.2 Å². The monoisotopic (exact) mass is 425 g/mol. The Balaban J connectivity index is 1.83. The van der Waals surface area contributed by atoms with Crippen LogP contribution in [0.5, 0.6) is 5.75 Å². The van der Waals surface area contributed by atoms with E-state index in [1.54, 1.807) is 32.2 Å². The van der Waals surface area contributed by atoms with Crippen LogP contribution in [0.4, 0.5) is 15.8 Å². The highest BCUT2D eigenvalue weighted by Crippen LogP contribution is 2.34. The number of hydrogen-bond acceptors (Lipinski definition) is 7. The molecule has 3 N–H and O–H groups in total. The first-order valence-corrected chi connectivity index (χ1v) is 9.96. The van der Waals surface area contributed by atoms with E-state index >= 15 is 0 Å². The first-order chi connectivity index (χ1) is 15.0. The number of morpholine rings is 1. The summed E-state index contributed by atoms with van der Waals surface area (Å²) in [7, 11) is 1.59. The molecule has 0 saturated carbocycles. The average Bonchev–Trinajstić information content (AvgIpc) is 2.76. The van der Waals surface area contributed by atoms with Crippen molar-refractivity contribution in [3.63, 3.8) is 0 Å². The third kappa shape index (κ3) is 4.42. The van der Waals surface area contributed by atoms with Gasteiger partial charge in [0.15, 0.2) is 5.69 Å². The van der Waals surface area contributed by atoms with E-state index in [1.807, 2.05) is 6.07 Å². The van der Waals surface area contributed by atoms with Crippen LogP contribution in [-0.4, -0.2) is 54.4 Å². The molecule has 2 aromatic carbocycles. The van der Waals surface area contributed by atoms with Crippen LogP contribution in [0, 0.1) is 12.7 Å². The van der Waals surface area contributed by atoms with Gasteiger partial charge in [-0.3, -0.25) is 9.69 Å². The molecule has 1 aliphatic heterocycles. The number of benzene rings is 2. The number of primary amides is 1. The summed E-state index contributed by atoms with van der Waals surface area (Å²) >= 11 is 0. The fourth-order valence-electron chi connectivity index (χ4n) is 3.65. The maximum Gasteiger partial charge on any atom is 0.271 e. The molecule has 0 bridgehead atoms. The van der Waals surface area contributed by atoms with E-state index in [2.05, 4.69) is 20.4 Å². The molecule has 31 heavy (non-hydrogen) atoms. The van der Waals surface area contributed by atoms with Gasteiger partial charge in [0.1, 0.15) is 11.6 Å². The normalized spacial score (nSPS) is 14.5. The lowest BCUT2D eigenvalue weighted by atomic mass is 10.1. The second-order valence-electron chi connectivity index (χ2n) is 7.47. The van der Waals surface area contributed by atoms with Crippen LogP contribution in [0.3, 0.4) is 0 Å². The van der Waals surface area contributed by atoms with Crippen LogP contribution in [0.1, 0.15) is 21.6 Å². The third-order valence-electron chi connectivity index (χ3n) is 5.28. The van der Waals surface area contributed by atoms with Crippen molar-refractivity contribution in [3.05, 3.63) is 53.0 Å². The smallest absolute Gasteiger partial charge is 0.271 e. The Morgan fingerprint density at radius 3 is 2.71 bits per heavy atom. The molecule has 4 rings (SSSR count). The van der Waals surface area contributed by atoms with Crippen molar-refractivity contribution in [2.24, 2.45) is 5.73 Å². The zero-order chi connectivity index (χ0) is 22.0. The lowest BCUT2D eigenvalue weighted by Crippen LogP contribution is -2.35. The predicted octanol–water partition coefficient (Wildman–Crippen LogP) is 2.76. The van der Waals surface area contributed by atoms with Crippen LogP contribution in [0.2, 0.25) is 0 Å². The van der Waals surface area contributed by atoms with Gasteiger partial charge in [-0.2, -0.15) is 0 Å². The Hall–Kier alpha value is -3.30. The van der Waals surface area contributed by atoms with E-state index in [4.69, 9.17) is 15.2 Å². The van der Waals surface area contributed by atoms with Gasteiger partial charge in [-0.1, -0.05) is 6.07 Å². The summed E-state index contributed by atoms with van der Waals surface area (Å²) in [6.07, 6.45) is 0. The summed E-state index contributed by atoms with van der Waals surface area (Å²) in [6.45, 7) is 5.40. The fraction of sp³-hybridized carbons (Fsp3) is 0.318. The summed E-state index contributed by atoms with van der Waals surface area (Å²) in [5, 5.41) is 11.7. The number of amides is 1.